The van der Waals surface area contributed by atoms with Crippen molar-refractivity contribution in [1.29, 1.82) is 0 Å². The van der Waals surface area contributed by atoms with Gasteiger partial charge in [-0.3, -0.25) is 0 Å². The second kappa shape index (κ2) is 7.05. The molecule has 0 fully saturated rings. The Morgan fingerprint density at radius 1 is 0.818 bits per heavy atom. The largest absolute Gasteiger partial charge is 0.109 e. The average Bonchev–Trinajstić information content (AvgIpc) is 1.97. The molecular weight excluding hydrogens is 226 g/mol. The van der Waals surface area contributed by atoms with Crippen LogP contribution < -0.4 is 0 Å². The third-order valence-electron chi connectivity index (χ3n) is 0.804. The fraction of sp³-hybridized carbons (Fsp3) is 0.143. The van der Waals surface area contributed by atoms with Gasteiger partial charge in [0.2, 0.25) is 0 Å². The maximum absolute atomic E-state index is 5.55. The van der Waals surface area contributed by atoms with E-state index in [0.29, 0.717) is 0 Å². The highest BCUT2D eigenvalue weighted by Crippen LogP contribution is 2.12. The van der Waals surface area contributed by atoms with E-state index >= 15 is 0 Å². The second-order valence-electron chi connectivity index (χ2n) is 1.54. The molecule has 0 saturated carbocycles. The molecule has 1 aromatic rings. The molecule has 4 heteroatoms. The topological polar surface area (TPSA) is 0 Å². The zero-order chi connectivity index (χ0) is 8.69. The molecule has 0 N–H and O–H groups in total. The Hall–Kier alpha value is 0.380. The standard InChI is InChI=1S/C6H4Cl2.CH2Cl2/c7-5-1-2-6(8)4-3-5;2-1-3/h1-4H;1H2. The molecule has 0 spiro atoms. The molecule has 0 aliphatic rings. The number of benzene rings is 1. The summed E-state index contributed by atoms with van der Waals surface area (Å²) in [7, 11) is 0. The van der Waals surface area contributed by atoms with E-state index in [1.54, 1.807) is 24.3 Å². The number of alkyl halides is 2. The fourth-order valence-corrected chi connectivity index (χ4v) is 0.682. The molecule has 0 bridgehead atoms. The summed E-state index contributed by atoms with van der Waals surface area (Å²) in [6.07, 6.45) is 0. The van der Waals surface area contributed by atoms with Crippen molar-refractivity contribution in [2.75, 3.05) is 5.34 Å². The number of hydrogen-bond acceptors (Lipinski definition) is 0. The van der Waals surface area contributed by atoms with Crippen molar-refractivity contribution in [2.24, 2.45) is 0 Å². The maximum atomic E-state index is 5.55. The van der Waals surface area contributed by atoms with Crippen molar-refractivity contribution in [3.8, 4) is 0 Å². The average molecular weight is 232 g/mol. The van der Waals surface area contributed by atoms with Gasteiger partial charge < -0.3 is 0 Å². The summed E-state index contributed by atoms with van der Waals surface area (Å²) >= 11 is 20.6. The minimum atomic E-state index is 0.194. The van der Waals surface area contributed by atoms with E-state index in [1.807, 2.05) is 0 Å². The first-order valence-electron chi connectivity index (χ1n) is 2.73. The highest BCUT2D eigenvalue weighted by atomic mass is 35.5. The van der Waals surface area contributed by atoms with E-state index in [4.69, 9.17) is 46.4 Å². The molecule has 0 radical (unpaired) electrons. The Morgan fingerprint density at radius 3 is 1.18 bits per heavy atom. The van der Waals surface area contributed by atoms with Gasteiger partial charge in [-0.25, -0.2) is 0 Å². The molecule has 1 rings (SSSR count). The maximum Gasteiger partial charge on any atom is 0.0967 e. The van der Waals surface area contributed by atoms with Crippen LogP contribution in [0, 0.1) is 0 Å². The molecule has 0 heterocycles. The highest BCUT2D eigenvalue weighted by Gasteiger charge is 1.83. The Bertz CT molecular complexity index is 161. The van der Waals surface area contributed by atoms with Crippen LogP contribution in [0.2, 0.25) is 10.0 Å². The van der Waals surface area contributed by atoms with Gasteiger partial charge in [0.25, 0.3) is 0 Å². The second-order valence-corrected chi connectivity index (χ2v) is 3.22. The van der Waals surface area contributed by atoms with Crippen LogP contribution in [0.15, 0.2) is 24.3 Å². The molecule has 11 heavy (non-hydrogen) atoms. The van der Waals surface area contributed by atoms with Gasteiger partial charge in [0.15, 0.2) is 0 Å². The van der Waals surface area contributed by atoms with Crippen LogP contribution in [0.1, 0.15) is 0 Å². The zero-order valence-corrected chi connectivity index (χ0v) is 8.55. The van der Waals surface area contributed by atoms with Crippen molar-refractivity contribution in [3.63, 3.8) is 0 Å². The molecule has 0 unspecified atom stereocenters. The van der Waals surface area contributed by atoms with Gasteiger partial charge in [0.1, 0.15) is 0 Å². The predicted octanol–water partition coefficient (Wildman–Crippen LogP) is 4.41. The van der Waals surface area contributed by atoms with Crippen molar-refractivity contribution >= 4 is 46.4 Å². The SMILES string of the molecule is ClCCl.Clc1ccc(Cl)cc1. The van der Waals surface area contributed by atoms with Crippen LogP contribution in [0.5, 0.6) is 0 Å². The Labute approximate surface area is 86.0 Å². The van der Waals surface area contributed by atoms with Crippen molar-refractivity contribution < 1.29 is 0 Å². The molecule has 0 aliphatic heterocycles. The zero-order valence-electron chi connectivity index (χ0n) is 5.53. The minimum Gasteiger partial charge on any atom is -0.109 e. The minimum absolute atomic E-state index is 0.194. The Kier molecular flexibility index (Phi) is 7.30. The van der Waals surface area contributed by atoms with Crippen LogP contribution in [0.25, 0.3) is 0 Å². The molecule has 0 nitrogen and oxygen atoms in total. The molecule has 0 aliphatic carbocycles. The molecule has 1 aromatic carbocycles. The molecular formula is C7H6Cl4. The number of rotatable bonds is 0. The molecule has 0 amide bonds. The smallest absolute Gasteiger partial charge is 0.0967 e. The Morgan fingerprint density at radius 2 is 1.00 bits per heavy atom. The third-order valence-corrected chi connectivity index (χ3v) is 1.31. The monoisotopic (exact) mass is 230 g/mol. The van der Waals surface area contributed by atoms with E-state index in [9.17, 15) is 0 Å². The van der Waals surface area contributed by atoms with Crippen molar-refractivity contribution in [2.45, 2.75) is 0 Å². The fourth-order valence-electron chi connectivity index (χ4n) is 0.430. The van der Waals surface area contributed by atoms with Gasteiger partial charge in [-0.2, -0.15) is 0 Å². The van der Waals surface area contributed by atoms with E-state index in [-0.39, 0.29) is 5.34 Å². The highest BCUT2D eigenvalue weighted by molar-refractivity contribution is 6.40. The lowest BCUT2D eigenvalue weighted by Crippen LogP contribution is -1.60. The van der Waals surface area contributed by atoms with Gasteiger partial charge in [0.05, 0.1) is 5.34 Å². The summed E-state index contributed by atoms with van der Waals surface area (Å²) in [4.78, 5) is 0. The normalized spacial score (nSPS) is 8.36. The van der Waals surface area contributed by atoms with E-state index in [1.165, 1.54) is 0 Å². The first-order chi connectivity index (χ1) is 5.20. The van der Waals surface area contributed by atoms with Gasteiger partial charge in [0, 0.05) is 10.0 Å². The molecule has 62 valence electrons. The van der Waals surface area contributed by atoms with Gasteiger partial charge >= 0.3 is 0 Å². The lowest BCUT2D eigenvalue weighted by atomic mass is 10.4. The predicted molar refractivity (Wildman–Crippen MR) is 53.0 cm³/mol. The lowest BCUT2D eigenvalue weighted by Gasteiger charge is -1.86. The molecule has 0 saturated heterocycles. The summed E-state index contributed by atoms with van der Waals surface area (Å²) in [6, 6.07) is 7.02. The van der Waals surface area contributed by atoms with Gasteiger partial charge in [-0.05, 0) is 24.3 Å². The van der Waals surface area contributed by atoms with E-state index in [0.717, 1.165) is 10.0 Å². The number of hydrogen-bond donors (Lipinski definition) is 0. The van der Waals surface area contributed by atoms with E-state index < -0.39 is 0 Å². The van der Waals surface area contributed by atoms with Crippen LogP contribution >= 0.6 is 46.4 Å². The van der Waals surface area contributed by atoms with Gasteiger partial charge in [-0.15, -0.1) is 23.2 Å². The summed E-state index contributed by atoms with van der Waals surface area (Å²) in [5.41, 5.74) is 0. The summed E-state index contributed by atoms with van der Waals surface area (Å²) in [6.45, 7) is 0. The first kappa shape index (κ1) is 11.4. The number of halogens is 4. The van der Waals surface area contributed by atoms with Crippen LogP contribution in [0.4, 0.5) is 0 Å². The van der Waals surface area contributed by atoms with Crippen LogP contribution in [-0.2, 0) is 0 Å². The first-order valence-corrected chi connectivity index (χ1v) is 4.56. The van der Waals surface area contributed by atoms with Crippen LogP contribution in [-0.4, -0.2) is 5.34 Å². The summed E-state index contributed by atoms with van der Waals surface area (Å²) < 4.78 is 0. The third kappa shape index (κ3) is 6.77. The summed E-state index contributed by atoms with van der Waals surface area (Å²) in [5, 5.41) is 1.63. The quantitative estimate of drug-likeness (QED) is 0.581. The Balaban J connectivity index is 0.000000292. The van der Waals surface area contributed by atoms with Crippen molar-refractivity contribution in [1.82, 2.24) is 0 Å². The van der Waals surface area contributed by atoms with Crippen LogP contribution in [0.3, 0.4) is 0 Å². The van der Waals surface area contributed by atoms with Crippen molar-refractivity contribution in [3.05, 3.63) is 34.3 Å². The summed E-state index contributed by atoms with van der Waals surface area (Å²) in [5.74, 6) is 0. The van der Waals surface area contributed by atoms with Gasteiger partial charge in [-0.1, -0.05) is 23.2 Å². The molecule has 0 atom stereocenters. The molecule has 0 aromatic heterocycles. The van der Waals surface area contributed by atoms with E-state index in [2.05, 4.69) is 0 Å². The lowest BCUT2D eigenvalue weighted by molar-refractivity contribution is 1.71.